The van der Waals surface area contributed by atoms with Crippen LogP contribution in [-0.2, 0) is 24.0 Å². The predicted octanol–water partition coefficient (Wildman–Crippen LogP) is 11.9. The molecule has 4 fully saturated rings. The molecule has 2 N–H and O–H groups in total. The van der Waals surface area contributed by atoms with Crippen LogP contribution in [0.25, 0.3) is 44.8 Å². The lowest BCUT2D eigenvalue weighted by Gasteiger charge is -2.32. The smallest absolute Gasteiger partial charge is 0.304 e. The number of hydrogen-bond donors (Lipinski definition) is 2. The van der Waals surface area contributed by atoms with Crippen molar-refractivity contribution in [1.29, 1.82) is 0 Å². The Morgan fingerprint density at radius 1 is 0.701 bits per heavy atom. The van der Waals surface area contributed by atoms with Gasteiger partial charge >= 0.3 is 11.9 Å². The SMILES string of the molecule is Cc1cc(-c2ccccc2-c2csc(N(C(=O)[C@@H](CC(=O)O)CC3CCCC3)C3CC3)n2)cnc1Oc1sc(N(C(=O)[C@@H](CC(=O)O)CC2CCCC2)C2CC2)nc1-c1ccccc1-c1cnc2c(c1)N(C)C(=O)CN2C. The Hall–Kier alpha value is -7.05. The summed E-state index contributed by atoms with van der Waals surface area (Å²) in [5.74, 6) is -2.00. The maximum Gasteiger partial charge on any atom is 0.304 e. The molecule has 4 aromatic heterocycles. The molecule has 400 valence electrons. The Morgan fingerprint density at radius 3 is 1.81 bits per heavy atom. The maximum atomic E-state index is 14.8. The van der Waals surface area contributed by atoms with Gasteiger partial charge in [0.25, 0.3) is 0 Å². The molecule has 77 heavy (non-hydrogen) atoms. The number of carboxylic acids is 2. The second kappa shape index (κ2) is 22.1. The Morgan fingerprint density at radius 2 is 1.23 bits per heavy atom. The minimum Gasteiger partial charge on any atom is -0.481 e. The van der Waals surface area contributed by atoms with Crippen molar-refractivity contribution in [3.63, 3.8) is 0 Å². The normalized spacial score (nSPS) is 17.6. The third kappa shape index (κ3) is 11.2. The minimum absolute atomic E-state index is 0.00388. The van der Waals surface area contributed by atoms with Crippen molar-refractivity contribution in [2.45, 2.75) is 122 Å². The molecule has 2 aromatic carbocycles. The van der Waals surface area contributed by atoms with Crippen LogP contribution in [0.15, 0.2) is 78.4 Å². The van der Waals surface area contributed by atoms with Crippen LogP contribution in [0.1, 0.15) is 108 Å². The van der Waals surface area contributed by atoms with Gasteiger partial charge < -0.3 is 24.7 Å². The van der Waals surface area contributed by atoms with E-state index in [1.807, 2.05) is 84.9 Å². The summed E-state index contributed by atoms with van der Waals surface area (Å²) in [5, 5.41) is 23.3. The van der Waals surface area contributed by atoms with Gasteiger partial charge in [-0.3, -0.25) is 33.8 Å². The lowest BCUT2D eigenvalue weighted by molar-refractivity contribution is -0.141. The first kappa shape index (κ1) is 52.0. The first-order chi connectivity index (χ1) is 37.3. The Kier molecular flexibility index (Phi) is 15.0. The van der Waals surface area contributed by atoms with Crippen LogP contribution in [0.2, 0.25) is 0 Å². The number of anilines is 4. The summed E-state index contributed by atoms with van der Waals surface area (Å²) in [6, 6.07) is 19.5. The highest BCUT2D eigenvalue weighted by atomic mass is 32.1. The number of likely N-dealkylation sites (N-methyl/N-ethyl adjacent to an activating group) is 2. The fraction of sp³-hybridized carbons (Fsp3) is 0.441. The van der Waals surface area contributed by atoms with Crippen LogP contribution in [0, 0.1) is 30.6 Å². The van der Waals surface area contributed by atoms with Crippen molar-refractivity contribution in [3.05, 3.63) is 84.0 Å². The summed E-state index contributed by atoms with van der Waals surface area (Å²) in [4.78, 5) is 93.6. The Bertz CT molecular complexity index is 3230. The average molecular weight is 1080 g/mol. The van der Waals surface area contributed by atoms with E-state index in [9.17, 15) is 34.2 Å². The molecule has 1 aliphatic heterocycles. The zero-order valence-electron chi connectivity index (χ0n) is 43.7. The van der Waals surface area contributed by atoms with E-state index in [-0.39, 0.29) is 49.2 Å². The largest absolute Gasteiger partial charge is 0.481 e. The summed E-state index contributed by atoms with van der Waals surface area (Å²) >= 11 is 2.64. The molecule has 0 spiro atoms. The van der Waals surface area contributed by atoms with Crippen molar-refractivity contribution in [1.82, 2.24) is 19.9 Å². The van der Waals surface area contributed by atoms with Gasteiger partial charge in [0, 0.05) is 83.6 Å². The number of aromatic nitrogens is 4. The topological polar surface area (TPSA) is 200 Å². The van der Waals surface area contributed by atoms with Gasteiger partial charge in [-0.15, -0.1) is 11.3 Å². The number of benzene rings is 2. The van der Waals surface area contributed by atoms with Crippen LogP contribution >= 0.6 is 22.7 Å². The number of fused-ring (bicyclic) bond motifs is 1. The van der Waals surface area contributed by atoms with Crippen LogP contribution in [-0.4, -0.2) is 92.5 Å². The standard InChI is InChI=1S/C59H64N8O8S2/c1-34-24-39(43-16-8-10-18-45(43)47-33-76-58(62-47)66(41-20-21-41)55(73)37(28-50(69)70)25-35-12-4-5-13-35)31-61-54(34)75-57-52(46-19-11-9-17-44(46)40-27-48-53(60-30-40)64(2)32-49(68)65(48)3)63-59(77-57)67(42-22-23-42)56(74)38(29-51(71)72)26-36-14-6-7-15-36/h8-11,16-19,24,27,30-31,33,35-38,41-42H,4-7,12-15,20-23,25-26,28-29,32H2,1-3H3,(H,69,70)(H,71,72)/t37-,38-/m1/s1. The number of nitrogens with zero attached hydrogens (tertiary/aromatic N) is 8. The van der Waals surface area contributed by atoms with Crippen molar-refractivity contribution in [2.75, 3.05) is 40.2 Å². The molecule has 5 heterocycles. The van der Waals surface area contributed by atoms with E-state index >= 15 is 0 Å². The van der Waals surface area contributed by atoms with Gasteiger partial charge in [0.05, 0.1) is 30.8 Å². The van der Waals surface area contributed by atoms with Gasteiger partial charge in [-0.1, -0.05) is 111 Å². The molecule has 0 radical (unpaired) electrons. The van der Waals surface area contributed by atoms with E-state index in [0.717, 1.165) is 110 Å². The number of thiazole rings is 2. The number of amides is 3. The van der Waals surface area contributed by atoms with Crippen molar-refractivity contribution in [3.8, 4) is 55.7 Å². The third-order valence-electron chi connectivity index (χ3n) is 16.1. The van der Waals surface area contributed by atoms with E-state index in [1.165, 1.54) is 22.7 Å². The van der Waals surface area contributed by atoms with E-state index < -0.39 is 23.8 Å². The molecule has 18 heteroatoms. The number of carbonyl (C=O) groups excluding carboxylic acids is 3. The molecular formula is C59H64N8O8S2. The van der Waals surface area contributed by atoms with Crippen LogP contribution in [0.3, 0.4) is 0 Å². The second-order valence-electron chi connectivity index (χ2n) is 21.8. The molecule has 3 amide bonds. The number of hydrogen-bond acceptors (Lipinski definition) is 13. The zero-order valence-corrected chi connectivity index (χ0v) is 45.4. The van der Waals surface area contributed by atoms with Crippen LogP contribution in [0.4, 0.5) is 21.8 Å². The van der Waals surface area contributed by atoms with E-state index in [1.54, 1.807) is 34.1 Å². The predicted molar refractivity (Wildman–Crippen MR) is 299 cm³/mol. The fourth-order valence-corrected chi connectivity index (χ4v) is 13.7. The van der Waals surface area contributed by atoms with Crippen molar-refractivity contribution >= 4 is 74.1 Å². The first-order valence-corrected chi connectivity index (χ1v) is 28.8. The first-order valence-electron chi connectivity index (χ1n) is 27.2. The molecule has 0 unspecified atom stereocenters. The maximum absolute atomic E-state index is 14.8. The highest BCUT2D eigenvalue weighted by Crippen LogP contribution is 2.49. The Balaban J connectivity index is 0.932. The molecule has 11 rings (SSSR count). The number of carboxylic acid groups (broad SMARTS) is 2. The number of aryl methyl sites for hydroxylation is 1. The van der Waals surface area contributed by atoms with E-state index in [4.69, 9.17) is 24.7 Å². The molecule has 2 atom stereocenters. The number of pyridine rings is 2. The molecule has 0 saturated heterocycles. The monoisotopic (exact) mass is 1080 g/mol. The molecule has 4 saturated carbocycles. The van der Waals surface area contributed by atoms with Gasteiger partial charge in [0.2, 0.25) is 28.7 Å². The van der Waals surface area contributed by atoms with Crippen molar-refractivity contribution < 1.29 is 38.9 Å². The van der Waals surface area contributed by atoms with Gasteiger partial charge in [0.15, 0.2) is 16.1 Å². The molecule has 0 bridgehead atoms. The van der Waals surface area contributed by atoms with Gasteiger partial charge in [-0.25, -0.2) is 19.9 Å². The van der Waals surface area contributed by atoms with Crippen molar-refractivity contribution in [2.24, 2.45) is 23.7 Å². The van der Waals surface area contributed by atoms with E-state index in [2.05, 4.69) is 0 Å². The van der Waals surface area contributed by atoms with Gasteiger partial charge in [0.1, 0.15) is 5.69 Å². The quantitative estimate of drug-likeness (QED) is 0.0732. The summed E-state index contributed by atoms with van der Waals surface area (Å²) in [5.41, 5.74) is 7.36. The molecular weight excluding hydrogens is 1010 g/mol. The lowest BCUT2D eigenvalue weighted by Crippen LogP contribution is -2.42. The lowest BCUT2D eigenvalue weighted by atomic mass is 9.90. The van der Waals surface area contributed by atoms with Crippen LogP contribution in [0.5, 0.6) is 10.9 Å². The number of ether oxygens (including phenoxy) is 1. The number of rotatable bonds is 20. The number of aliphatic carboxylic acids is 2. The summed E-state index contributed by atoms with van der Waals surface area (Å²) < 4.78 is 6.89. The summed E-state index contributed by atoms with van der Waals surface area (Å²) in [6.07, 6.45) is 15.9. The number of carbonyl (C=O) groups is 5. The molecule has 5 aliphatic rings. The average Bonchev–Trinajstić information content (AvgIpc) is 4.23. The van der Waals surface area contributed by atoms with E-state index in [0.29, 0.717) is 74.3 Å². The second-order valence-corrected chi connectivity index (χ2v) is 23.6. The Labute approximate surface area is 456 Å². The minimum atomic E-state index is -1.000. The molecule has 6 aromatic rings. The zero-order chi connectivity index (χ0) is 53.5. The van der Waals surface area contributed by atoms with Crippen LogP contribution < -0.4 is 24.3 Å². The summed E-state index contributed by atoms with van der Waals surface area (Å²) in [6.45, 7) is 2.14. The highest BCUT2D eigenvalue weighted by molar-refractivity contribution is 7.18. The van der Waals surface area contributed by atoms with Gasteiger partial charge in [-0.05, 0) is 80.5 Å². The summed E-state index contributed by atoms with van der Waals surface area (Å²) in [7, 11) is 3.59. The van der Waals surface area contributed by atoms with Gasteiger partial charge in [-0.2, -0.15) is 0 Å². The highest BCUT2D eigenvalue weighted by Gasteiger charge is 2.42. The molecule has 16 nitrogen and oxygen atoms in total. The molecule has 4 aliphatic carbocycles. The third-order valence-corrected chi connectivity index (χ3v) is 17.8. The fourth-order valence-electron chi connectivity index (χ4n) is 11.8.